The molecule has 1 saturated heterocycles. The van der Waals surface area contributed by atoms with Gasteiger partial charge in [-0.3, -0.25) is 14.6 Å². The Morgan fingerprint density at radius 1 is 1.12 bits per heavy atom. The van der Waals surface area contributed by atoms with Crippen LogP contribution >= 0.6 is 11.6 Å². The fraction of sp³-hybridized carbons (Fsp3) is 0.562. The highest BCUT2D eigenvalue weighted by Crippen LogP contribution is 2.22. The highest BCUT2D eigenvalue weighted by Gasteiger charge is 2.21. The standard InChI is InChI=1S/C16H23ClN2O5S/c17-14-3-1-2-4-15(14)24-11-9-18-5-7-19(8-6-18)10-12-25(22,23)13-16(20)21/h1-4H,5-13H2,(H,20,21). The third kappa shape index (κ3) is 7.19. The zero-order valence-corrected chi connectivity index (χ0v) is 15.5. The summed E-state index contributed by atoms with van der Waals surface area (Å²) in [6.45, 7) is 4.85. The van der Waals surface area contributed by atoms with E-state index in [9.17, 15) is 13.2 Å². The van der Waals surface area contributed by atoms with Crippen molar-refractivity contribution in [3.05, 3.63) is 29.3 Å². The quantitative estimate of drug-likeness (QED) is 0.668. The van der Waals surface area contributed by atoms with Gasteiger partial charge in [0.25, 0.3) is 0 Å². The minimum absolute atomic E-state index is 0.116. The summed E-state index contributed by atoms with van der Waals surface area (Å²) >= 11 is 6.04. The fourth-order valence-corrected chi connectivity index (χ4v) is 3.86. The van der Waals surface area contributed by atoms with Gasteiger partial charge in [-0.15, -0.1) is 0 Å². The molecular weight excluding hydrogens is 368 g/mol. The third-order valence-electron chi connectivity index (χ3n) is 4.03. The minimum atomic E-state index is -3.53. The SMILES string of the molecule is O=C(O)CS(=O)(=O)CCN1CCN(CCOc2ccccc2Cl)CC1. The summed E-state index contributed by atoms with van der Waals surface area (Å²) in [4.78, 5) is 14.8. The maximum absolute atomic E-state index is 11.6. The minimum Gasteiger partial charge on any atom is -0.491 e. The summed E-state index contributed by atoms with van der Waals surface area (Å²) in [7, 11) is -3.53. The van der Waals surface area contributed by atoms with Crippen molar-refractivity contribution in [2.45, 2.75) is 0 Å². The molecule has 9 heteroatoms. The number of ether oxygens (including phenoxy) is 1. The number of hydrogen-bond acceptors (Lipinski definition) is 6. The van der Waals surface area contributed by atoms with Crippen molar-refractivity contribution in [2.24, 2.45) is 0 Å². The van der Waals surface area contributed by atoms with Gasteiger partial charge in [-0.05, 0) is 12.1 Å². The first-order chi connectivity index (χ1) is 11.9. The highest BCUT2D eigenvalue weighted by atomic mass is 35.5. The first-order valence-electron chi connectivity index (χ1n) is 8.10. The lowest BCUT2D eigenvalue weighted by atomic mass is 10.3. The summed E-state index contributed by atoms with van der Waals surface area (Å²) < 4.78 is 28.9. The zero-order valence-electron chi connectivity index (χ0n) is 13.9. The Morgan fingerprint density at radius 2 is 1.72 bits per heavy atom. The molecule has 1 aliphatic rings. The lowest BCUT2D eigenvalue weighted by Crippen LogP contribution is -2.48. The summed E-state index contributed by atoms with van der Waals surface area (Å²) in [5, 5.41) is 9.18. The largest absolute Gasteiger partial charge is 0.491 e. The van der Waals surface area contributed by atoms with Gasteiger partial charge in [-0.2, -0.15) is 0 Å². The molecule has 1 aromatic carbocycles. The second kappa shape index (κ2) is 9.38. The molecule has 140 valence electrons. The van der Waals surface area contributed by atoms with Gasteiger partial charge in [0.1, 0.15) is 18.1 Å². The molecule has 0 aliphatic carbocycles. The average Bonchev–Trinajstić information content (AvgIpc) is 2.55. The van der Waals surface area contributed by atoms with Gasteiger partial charge in [0.05, 0.1) is 10.8 Å². The molecule has 25 heavy (non-hydrogen) atoms. The van der Waals surface area contributed by atoms with Crippen LogP contribution in [0.2, 0.25) is 5.02 Å². The van der Waals surface area contributed by atoms with Gasteiger partial charge >= 0.3 is 5.97 Å². The third-order valence-corrected chi connectivity index (χ3v) is 5.83. The Morgan fingerprint density at radius 3 is 2.32 bits per heavy atom. The molecule has 0 atom stereocenters. The number of rotatable bonds is 9. The van der Waals surface area contributed by atoms with E-state index in [1.54, 1.807) is 6.07 Å². The van der Waals surface area contributed by atoms with Gasteiger partial charge in [0.2, 0.25) is 0 Å². The van der Waals surface area contributed by atoms with Gasteiger partial charge < -0.3 is 9.84 Å². The second-order valence-electron chi connectivity index (χ2n) is 5.95. The number of benzene rings is 1. The van der Waals surface area contributed by atoms with Crippen molar-refractivity contribution >= 4 is 27.4 Å². The lowest BCUT2D eigenvalue weighted by Gasteiger charge is -2.34. The molecule has 0 amide bonds. The Bertz CT molecular complexity index is 675. The van der Waals surface area contributed by atoms with Gasteiger partial charge in [-0.25, -0.2) is 8.42 Å². The number of carboxylic acid groups (broad SMARTS) is 1. The van der Waals surface area contributed by atoms with Crippen molar-refractivity contribution in [1.29, 1.82) is 0 Å². The topological polar surface area (TPSA) is 87.1 Å². The molecule has 0 aromatic heterocycles. The van der Waals surface area contributed by atoms with Crippen LogP contribution in [-0.4, -0.2) is 86.7 Å². The van der Waals surface area contributed by atoms with Crippen molar-refractivity contribution in [3.63, 3.8) is 0 Å². The van der Waals surface area contributed by atoms with Crippen molar-refractivity contribution in [2.75, 3.05) is 57.4 Å². The first kappa shape index (κ1) is 20.0. The maximum atomic E-state index is 11.6. The van der Waals surface area contributed by atoms with E-state index < -0.39 is 21.6 Å². The van der Waals surface area contributed by atoms with E-state index in [1.807, 2.05) is 23.1 Å². The number of carbonyl (C=O) groups is 1. The first-order valence-corrected chi connectivity index (χ1v) is 10.3. The molecule has 1 aromatic rings. The molecule has 1 heterocycles. The van der Waals surface area contributed by atoms with E-state index in [-0.39, 0.29) is 5.75 Å². The fourth-order valence-electron chi connectivity index (χ4n) is 2.61. The monoisotopic (exact) mass is 390 g/mol. The number of para-hydroxylation sites is 1. The number of hydrogen-bond donors (Lipinski definition) is 1. The number of sulfone groups is 1. The molecular formula is C16H23ClN2O5S. The molecule has 1 aliphatic heterocycles. The van der Waals surface area contributed by atoms with Crippen LogP contribution in [0, 0.1) is 0 Å². The van der Waals surface area contributed by atoms with Crippen LogP contribution in [0.4, 0.5) is 0 Å². The van der Waals surface area contributed by atoms with Crippen molar-refractivity contribution in [1.82, 2.24) is 9.80 Å². The number of carboxylic acids is 1. The van der Waals surface area contributed by atoms with Crippen LogP contribution in [-0.2, 0) is 14.6 Å². The van der Waals surface area contributed by atoms with E-state index in [4.69, 9.17) is 21.4 Å². The second-order valence-corrected chi connectivity index (χ2v) is 8.54. The molecule has 7 nitrogen and oxygen atoms in total. The number of halogens is 1. The van der Waals surface area contributed by atoms with E-state index in [1.165, 1.54) is 0 Å². The molecule has 0 spiro atoms. The zero-order chi connectivity index (χ0) is 18.3. The van der Waals surface area contributed by atoms with Crippen LogP contribution < -0.4 is 4.74 Å². The van der Waals surface area contributed by atoms with Crippen LogP contribution in [0.5, 0.6) is 5.75 Å². The van der Waals surface area contributed by atoms with E-state index in [0.29, 0.717) is 23.9 Å². The maximum Gasteiger partial charge on any atom is 0.318 e. The predicted octanol–water partition coefficient (Wildman–Crippen LogP) is 0.836. The van der Waals surface area contributed by atoms with Crippen molar-refractivity contribution < 1.29 is 23.1 Å². The highest BCUT2D eigenvalue weighted by molar-refractivity contribution is 7.92. The molecule has 1 fully saturated rings. The lowest BCUT2D eigenvalue weighted by molar-refractivity contribution is -0.134. The molecule has 2 rings (SSSR count). The van der Waals surface area contributed by atoms with Gasteiger partial charge in [-0.1, -0.05) is 23.7 Å². The predicted molar refractivity (Wildman–Crippen MR) is 96.1 cm³/mol. The molecule has 0 unspecified atom stereocenters. The van der Waals surface area contributed by atoms with Crippen LogP contribution in [0.3, 0.4) is 0 Å². The molecule has 0 bridgehead atoms. The van der Waals surface area contributed by atoms with E-state index >= 15 is 0 Å². The smallest absolute Gasteiger partial charge is 0.318 e. The summed E-state index contributed by atoms with van der Waals surface area (Å²) in [5.74, 6) is -1.55. The Hall–Kier alpha value is -1.35. The summed E-state index contributed by atoms with van der Waals surface area (Å²) in [6, 6.07) is 7.34. The van der Waals surface area contributed by atoms with Gasteiger partial charge in [0.15, 0.2) is 9.84 Å². The average molecular weight is 391 g/mol. The molecule has 1 N–H and O–H groups in total. The molecule has 0 saturated carbocycles. The van der Waals surface area contributed by atoms with Crippen LogP contribution in [0.15, 0.2) is 24.3 Å². The Labute approximate surface area is 153 Å². The van der Waals surface area contributed by atoms with E-state index in [0.717, 1.165) is 32.7 Å². The molecule has 0 radical (unpaired) electrons. The summed E-state index contributed by atoms with van der Waals surface area (Å²) in [6.07, 6.45) is 0. The summed E-state index contributed by atoms with van der Waals surface area (Å²) in [5.41, 5.74) is 0. The van der Waals surface area contributed by atoms with Gasteiger partial charge in [0, 0.05) is 39.3 Å². The van der Waals surface area contributed by atoms with E-state index in [2.05, 4.69) is 4.90 Å². The normalized spacial score (nSPS) is 16.7. The number of nitrogens with zero attached hydrogens (tertiary/aromatic N) is 2. The van der Waals surface area contributed by atoms with Crippen LogP contribution in [0.1, 0.15) is 0 Å². The Balaban J connectivity index is 1.64. The Kier molecular flexibility index (Phi) is 7.49. The number of aliphatic carboxylic acids is 1. The van der Waals surface area contributed by atoms with Crippen molar-refractivity contribution in [3.8, 4) is 5.75 Å². The number of piperazine rings is 1. The van der Waals surface area contributed by atoms with Crippen LogP contribution in [0.25, 0.3) is 0 Å².